The third-order valence-electron chi connectivity index (χ3n) is 3.08. The van der Waals surface area contributed by atoms with Gasteiger partial charge in [-0.25, -0.2) is 0 Å². The first-order valence-electron chi connectivity index (χ1n) is 6.65. The topological polar surface area (TPSA) is 0 Å². The van der Waals surface area contributed by atoms with Gasteiger partial charge in [-0.2, -0.15) is 0 Å². The second kappa shape index (κ2) is 11.8. The van der Waals surface area contributed by atoms with Crippen molar-refractivity contribution in [2.45, 2.75) is 65.2 Å². The Balaban J connectivity index is 3.97. The highest BCUT2D eigenvalue weighted by molar-refractivity contribution is 6.25. The van der Waals surface area contributed by atoms with Crippen LogP contribution in [-0.2, 0) is 0 Å². The van der Waals surface area contributed by atoms with Gasteiger partial charge in [0.1, 0.15) is 0 Å². The van der Waals surface area contributed by atoms with E-state index in [1.165, 1.54) is 50.5 Å². The molecule has 0 amide bonds. The number of alkyl halides is 1. The molecule has 1 atom stereocenters. The molecule has 1 unspecified atom stereocenters. The van der Waals surface area contributed by atoms with Crippen molar-refractivity contribution in [1.29, 1.82) is 0 Å². The molecule has 0 nitrogen and oxygen atoms in total. The zero-order chi connectivity index (χ0) is 12.2. The Labute approximate surface area is 111 Å². The number of allylic oxidation sites excluding steroid dienone is 1. The van der Waals surface area contributed by atoms with Gasteiger partial charge in [-0.3, -0.25) is 0 Å². The Kier molecular flexibility index (Phi) is 12.0. The maximum Gasteiger partial charge on any atom is 0.0289 e. The standard InChI is InChI=1S/C14H26Cl2/c1-3-5-7-9-13(11-15)14(12-16)10-8-6-4-2/h11,14H,3-10,12H2,1-2H3. The van der Waals surface area contributed by atoms with Crippen molar-refractivity contribution in [1.82, 2.24) is 0 Å². The van der Waals surface area contributed by atoms with Crippen molar-refractivity contribution in [3.05, 3.63) is 11.1 Å². The zero-order valence-electron chi connectivity index (χ0n) is 10.8. The number of hydrogen-bond donors (Lipinski definition) is 0. The molecule has 0 aromatic carbocycles. The summed E-state index contributed by atoms with van der Waals surface area (Å²) in [5.74, 6) is 1.22. The fraction of sp³-hybridized carbons (Fsp3) is 0.857. The van der Waals surface area contributed by atoms with Gasteiger partial charge in [-0.1, -0.05) is 63.1 Å². The quantitative estimate of drug-likeness (QED) is 0.329. The summed E-state index contributed by atoms with van der Waals surface area (Å²) < 4.78 is 0. The van der Waals surface area contributed by atoms with Gasteiger partial charge >= 0.3 is 0 Å². The molecule has 0 saturated carbocycles. The first-order valence-corrected chi connectivity index (χ1v) is 7.62. The molecule has 0 aliphatic carbocycles. The Bertz CT molecular complexity index is 176. The summed E-state index contributed by atoms with van der Waals surface area (Å²) >= 11 is 11.9. The molecule has 0 N–H and O–H groups in total. The van der Waals surface area contributed by atoms with E-state index in [1.54, 1.807) is 5.54 Å². The van der Waals surface area contributed by atoms with Crippen molar-refractivity contribution >= 4 is 23.2 Å². The Morgan fingerprint density at radius 1 is 1.06 bits per heavy atom. The highest BCUT2D eigenvalue weighted by Crippen LogP contribution is 2.25. The molecule has 0 heterocycles. The Morgan fingerprint density at radius 2 is 1.69 bits per heavy atom. The van der Waals surface area contributed by atoms with Crippen LogP contribution in [0.3, 0.4) is 0 Å². The van der Waals surface area contributed by atoms with E-state index >= 15 is 0 Å². The van der Waals surface area contributed by atoms with E-state index in [4.69, 9.17) is 23.2 Å². The molecule has 0 aliphatic heterocycles. The van der Waals surface area contributed by atoms with Crippen LogP contribution in [0.2, 0.25) is 0 Å². The monoisotopic (exact) mass is 264 g/mol. The van der Waals surface area contributed by atoms with Crippen LogP contribution in [0, 0.1) is 5.92 Å². The van der Waals surface area contributed by atoms with Gasteiger partial charge in [0, 0.05) is 11.4 Å². The van der Waals surface area contributed by atoms with Crippen molar-refractivity contribution in [2.24, 2.45) is 5.92 Å². The van der Waals surface area contributed by atoms with Crippen LogP contribution < -0.4 is 0 Å². The van der Waals surface area contributed by atoms with Crippen LogP contribution in [0.5, 0.6) is 0 Å². The molecule has 0 aromatic heterocycles. The van der Waals surface area contributed by atoms with E-state index in [1.807, 2.05) is 0 Å². The normalized spacial score (nSPS) is 14.1. The van der Waals surface area contributed by atoms with Crippen LogP contribution in [0.1, 0.15) is 65.2 Å². The minimum atomic E-state index is 0.502. The number of unbranched alkanes of at least 4 members (excludes halogenated alkanes) is 4. The zero-order valence-corrected chi connectivity index (χ0v) is 12.3. The van der Waals surface area contributed by atoms with Gasteiger partial charge in [0.05, 0.1) is 0 Å². The average Bonchev–Trinajstić information content (AvgIpc) is 2.31. The molecular weight excluding hydrogens is 239 g/mol. The van der Waals surface area contributed by atoms with Gasteiger partial charge in [0.25, 0.3) is 0 Å². The molecule has 0 spiro atoms. The summed E-state index contributed by atoms with van der Waals surface area (Å²) in [4.78, 5) is 0. The summed E-state index contributed by atoms with van der Waals surface area (Å²) in [6, 6.07) is 0. The summed E-state index contributed by atoms with van der Waals surface area (Å²) in [5.41, 5.74) is 3.13. The van der Waals surface area contributed by atoms with Crippen LogP contribution in [-0.4, -0.2) is 5.88 Å². The van der Waals surface area contributed by atoms with E-state index in [0.29, 0.717) is 11.8 Å². The lowest BCUT2D eigenvalue weighted by Gasteiger charge is -2.17. The molecule has 0 aliphatic rings. The molecular formula is C14H26Cl2. The second-order valence-corrected chi connectivity index (χ2v) is 5.01. The largest absolute Gasteiger partial charge is 0.126 e. The third kappa shape index (κ3) is 7.57. The lowest BCUT2D eigenvalue weighted by molar-refractivity contribution is 0.535. The molecule has 96 valence electrons. The van der Waals surface area contributed by atoms with E-state index in [9.17, 15) is 0 Å². The fourth-order valence-corrected chi connectivity index (χ4v) is 2.57. The summed E-state index contributed by atoms with van der Waals surface area (Å²) in [6.07, 6.45) is 9.97. The van der Waals surface area contributed by atoms with Crippen molar-refractivity contribution in [3.8, 4) is 0 Å². The van der Waals surface area contributed by atoms with Gasteiger partial charge in [0.2, 0.25) is 0 Å². The SMILES string of the molecule is CCCCCC(=CCl)C(CCl)CCCCC. The third-order valence-corrected chi connectivity index (χ3v) is 3.73. The fourth-order valence-electron chi connectivity index (χ4n) is 1.93. The summed E-state index contributed by atoms with van der Waals surface area (Å²) in [5, 5.41) is 0. The maximum atomic E-state index is 6.03. The first kappa shape index (κ1) is 16.3. The van der Waals surface area contributed by atoms with E-state index in [2.05, 4.69) is 13.8 Å². The molecule has 0 fully saturated rings. The maximum absolute atomic E-state index is 6.03. The molecule has 16 heavy (non-hydrogen) atoms. The summed E-state index contributed by atoms with van der Waals surface area (Å²) in [7, 11) is 0. The molecule has 0 bridgehead atoms. The Morgan fingerprint density at radius 3 is 2.19 bits per heavy atom. The van der Waals surface area contributed by atoms with Crippen LogP contribution >= 0.6 is 23.2 Å². The lowest BCUT2D eigenvalue weighted by atomic mass is 9.92. The minimum absolute atomic E-state index is 0.502. The molecule has 0 aromatic rings. The van der Waals surface area contributed by atoms with E-state index < -0.39 is 0 Å². The molecule has 0 radical (unpaired) electrons. The van der Waals surface area contributed by atoms with Gasteiger partial charge in [-0.05, 0) is 25.2 Å². The Hall–Kier alpha value is 0.320. The second-order valence-electron chi connectivity index (χ2n) is 4.49. The number of hydrogen-bond acceptors (Lipinski definition) is 0. The van der Waals surface area contributed by atoms with Crippen LogP contribution in [0.25, 0.3) is 0 Å². The highest BCUT2D eigenvalue weighted by Gasteiger charge is 2.12. The van der Waals surface area contributed by atoms with Crippen molar-refractivity contribution in [2.75, 3.05) is 5.88 Å². The van der Waals surface area contributed by atoms with Crippen LogP contribution in [0.4, 0.5) is 0 Å². The van der Waals surface area contributed by atoms with Gasteiger partial charge in [0.15, 0.2) is 0 Å². The van der Waals surface area contributed by atoms with Crippen molar-refractivity contribution in [3.63, 3.8) is 0 Å². The minimum Gasteiger partial charge on any atom is -0.126 e. The smallest absolute Gasteiger partial charge is 0.0289 e. The lowest BCUT2D eigenvalue weighted by Crippen LogP contribution is -2.06. The highest BCUT2D eigenvalue weighted by atomic mass is 35.5. The van der Waals surface area contributed by atoms with E-state index in [0.717, 1.165) is 6.42 Å². The predicted molar refractivity (Wildman–Crippen MR) is 76.4 cm³/mol. The summed E-state index contributed by atoms with van der Waals surface area (Å²) in [6.45, 7) is 4.46. The number of rotatable bonds is 10. The van der Waals surface area contributed by atoms with Gasteiger partial charge < -0.3 is 0 Å². The van der Waals surface area contributed by atoms with Crippen LogP contribution in [0.15, 0.2) is 11.1 Å². The molecule has 0 saturated heterocycles. The predicted octanol–water partition coefficient (Wildman–Crippen LogP) is 6.12. The van der Waals surface area contributed by atoms with Gasteiger partial charge in [-0.15, -0.1) is 11.6 Å². The molecule has 0 rings (SSSR count). The van der Waals surface area contributed by atoms with Crippen molar-refractivity contribution < 1.29 is 0 Å². The molecule has 2 heteroatoms. The average molecular weight is 265 g/mol. The number of halogens is 2. The van der Waals surface area contributed by atoms with E-state index in [-0.39, 0.29) is 0 Å². The first-order chi connectivity index (χ1) is 7.79.